The number of nitrogens with zero attached hydrogens (tertiary/aromatic N) is 5. The van der Waals surface area contributed by atoms with E-state index in [2.05, 4.69) is 65.8 Å². The molecule has 0 bridgehead atoms. The average molecular weight is 360 g/mol. The van der Waals surface area contributed by atoms with Crippen LogP contribution in [-0.4, -0.2) is 44.8 Å². The SMILES string of the molecule is Cc1ccc(C)c(C#Cc2nn([C@@H]3CCCN(C)C3)c3ncnc(N)c23)c1. The van der Waals surface area contributed by atoms with Crippen molar-refractivity contribution in [2.24, 2.45) is 0 Å². The molecule has 0 saturated carbocycles. The smallest absolute Gasteiger partial charge is 0.164 e. The molecule has 0 spiro atoms. The number of likely N-dealkylation sites (tertiary alicyclic amines) is 1. The largest absolute Gasteiger partial charge is 0.383 e. The Bertz CT molecular complexity index is 1060. The number of nitrogen functional groups attached to an aromatic ring is 1. The Morgan fingerprint density at radius 3 is 2.85 bits per heavy atom. The Morgan fingerprint density at radius 1 is 1.19 bits per heavy atom. The minimum absolute atomic E-state index is 0.275. The second-order valence-corrected chi connectivity index (χ2v) is 7.38. The molecule has 3 heterocycles. The summed E-state index contributed by atoms with van der Waals surface area (Å²) in [7, 11) is 2.14. The molecule has 1 fully saturated rings. The minimum atomic E-state index is 0.275. The van der Waals surface area contributed by atoms with E-state index in [1.165, 1.54) is 11.9 Å². The second-order valence-electron chi connectivity index (χ2n) is 7.38. The number of benzene rings is 1. The molecule has 6 nitrogen and oxygen atoms in total. The van der Waals surface area contributed by atoms with E-state index in [4.69, 9.17) is 10.8 Å². The van der Waals surface area contributed by atoms with Crippen molar-refractivity contribution in [2.75, 3.05) is 25.9 Å². The lowest BCUT2D eigenvalue weighted by Gasteiger charge is -2.29. The number of aryl methyl sites for hydroxylation is 2. The summed E-state index contributed by atoms with van der Waals surface area (Å²) in [6.45, 7) is 6.20. The van der Waals surface area contributed by atoms with Gasteiger partial charge in [-0.2, -0.15) is 5.10 Å². The number of piperidine rings is 1. The van der Waals surface area contributed by atoms with Gasteiger partial charge >= 0.3 is 0 Å². The number of fused-ring (bicyclic) bond motifs is 1. The molecule has 0 amide bonds. The number of hydrogen-bond donors (Lipinski definition) is 1. The monoisotopic (exact) mass is 360 g/mol. The van der Waals surface area contributed by atoms with Crippen molar-refractivity contribution in [1.82, 2.24) is 24.6 Å². The van der Waals surface area contributed by atoms with Gasteiger partial charge in [0.15, 0.2) is 5.65 Å². The molecule has 1 aromatic carbocycles. The molecule has 1 aliphatic heterocycles. The van der Waals surface area contributed by atoms with Crippen molar-refractivity contribution < 1.29 is 0 Å². The van der Waals surface area contributed by atoms with E-state index in [1.54, 1.807) is 0 Å². The molecule has 138 valence electrons. The third kappa shape index (κ3) is 3.38. The fourth-order valence-corrected chi connectivity index (χ4v) is 3.67. The maximum Gasteiger partial charge on any atom is 0.164 e. The predicted octanol–water partition coefficient (Wildman–Crippen LogP) is 2.69. The molecular weight excluding hydrogens is 336 g/mol. The van der Waals surface area contributed by atoms with E-state index >= 15 is 0 Å². The first-order chi connectivity index (χ1) is 13.0. The molecule has 4 rings (SSSR count). The van der Waals surface area contributed by atoms with Crippen molar-refractivity contribution in [3.8, 4) is 11.8 Å². The predicted molar refractivity (Wildman–Crippen MR) is 107 cm³/mol. The van der Waals surface area contributed by atoms with Crippen molar-refractivity contribution in [3.05, 3.63) is 46.9 Å². The molecule has 1 saturated heterocycles. The summed E-state index contributed by atoms with van der Waals surface area (Å²) >= 11 is 0. The summed E-state index contributed by atoms with van der Waals surface area (Å²) in [4.78, 5) is 11.0. The number of anilines is 1. The van der Waals surface area contributed by atoms with Gasteiger partial charge in [-0.3, -0.25) is 0 Å². The highest BCUT2D eigenvalue weighted by Gasteiger charge is 2.24. The molecule has 27 heavy (non-hydrogen) atoms. The van der Waals surface area contributed by atoms with Gasteiger partial charge in [0.2, 0.25) is 0 Å². The average Bonchev–Trinajstić information content (AvgIpc) is 3.03. The summed E-state index contributed by atoms with van der Waals surface area (Å²) in [5, 5.41) is 5.56. The maximum atomic E-state index is 6.17. The fourth-order valence-electron chi connectivity index (χ4n) is 3.67. The lowest BCUT2D eigenvalue weighted by Crippen LogP contribution is -2.34. The van der Waals surface area contributed by atoms with Crippen molar-refractivity contribution >= 4 is 16.9 Å². The molecule has 0 radical (unpaired) electrons. The van der Waals surface area contributed by atoms with Crippen LogP contribution in [0, 0.1) is 25.7 Å². The van der Waals surface area contributed by atoms with Gasteiger partial charge in [0.25, 0.3) is 0 Å². The standard InChI is InChI=1S/C21H24N6/c1-14-6-7-15(2)16(11-14)8-9-18-19-20(22)23-13-24-21(19)27(25-18)17-5-4-10-26(3)12-17/h6-7,11,13,17H,4-5,10,12H2,1-3H3,(H2,22,23,24)/t17-/m1/s1. The minimum Gasteiger partial charge on any atom is -0.383 e. The van der Waals surface area contributed by atoms with E-state index in [0.717, 1.165) is 48.1 Å². The molecule has 1 aliphatic rings. The van der Waals surface area contributed by atoms with Crippen LogP contribution in [-0.2, 0) is 0 Å². The molecule has 2 N–H and O–H groups in total. The topological polar surface area (TPSA) is 72.9 Å². The Hall–Kier alpha value is -2.91. The first-order valence-electron chi connectivity index (χ1n) is 9.29. The van der Waals surface area contributed by atoms with Gasteiger partial charge in [-0.25, -0.2) is 14.6 Å². The Kier molecular flexibility index (Phi) is 4.54. The molecule has 0 aliphatic carbocycles. The third-order valence-corrected chi connectivity index (χ3v) is 5.17. The summed E-state index contributed by atoms with van der Waals surface area (Å²) < 4.78 is 2.00. The first kappa shape index (κ1) is 17.5. The number of nitrogens with two attached hydrogens (primary N) is 1. The number of aromatic nitrogens is 4. The highest BCUT2D eigenvalue weighted by molar-refractivity contribution is 5.90. The number of likely N-dealkylation sites (N-methyl/N-ethyl adjacent to an activating group) is 1. The molecular formula is C21H24N6. The molecule has 2 aromatic heterocycles. The maximum absolute atomic E-state index is 6.17. The highest BCUT2D eigenvalue weighted by Crippen LogP contribution is 2.27. The van der Waals surface area contributed by atoms with E-state index in [1.807, 2.05) is 4.68 Å². The summed E-state index contributed by atoms with van der Waals surface area (Å²) in [6, 6.07) is 6.55. The zero-order valence-electron chi connectivity index (χ0n) is 16.0. The van der Waals surface area contributed by atoms with Crippen LogP contribution >= 0.6 is 0 Å². The van der Waals surface area contributed by atoms with E-state index in [-0.39, 0.29) is 6.04 Å². The summed E-state index contributed by atoms with van der Waals surface area (Å²) in [6.07, 6.45) is 3.73. The summed E-state index contributed by atoms with van der Waals surface area (Å²) in [5.41, 5.74) is 10.9. The fraction of sp³-hybridized carbons (Fsp3) is 0.381. The molecule has 1 atom stereocenters. The van der Waals surface area contributed by atoms with E-state index in [9.17, 15) is 0 Å². The Balaban J connectivity index is 1.82. The van der Waals surface area contributed by atoms with Gasteiger partial charge in [-0.1, -0.05) is 18.1 Å². The Labute approximate surface area is 159 Å². The van der Waals surface area contributed by atoms with Crippen molar-refractivity contribution in [3.63, 3.8) is 0 Å². The van der Waals surface area contributed by atoms with Gasteiger partial charge in [0.05, 0.1) is 11.4 Å². The van der Waals surface area contributed by atoms with Crippen LogP contribution in [0.15, 0.2) is 24.5 Å². The molecule has 0 unspecified atom stereocenters. The highest BCUT2D eigenvalue weighted by atomic mass is 15.3. The van der Waals surface area contributed by atoms with Crippen LogP contribution < -0.4 is 5.73 Å². The summed E-state index contributed by atoms with van der Waals surface area (Å²) in [5.74, 6) is 6.93. The Morgan fingerprint density at radius 2 is 2.04 bits per heavy atom. The van der Waals surface area contributed by atoms with Crippen LogP contribution in [0.1, 0.15) is 41.3 Å². The van der Waals surface area contributed by atoms with Crippen molar-refractivity contribution in [1.29, 1.82) is 0 Å². The zero-order chi connectivity index (χ0) is 19.0. The van der Waals surface area contributed by atoms with Gasteiger partial charge in [-0.15, -0.1) is 0 Å². The quantitative estimate of drug-likeness (QED) is 0.676. The number of rotatable bonds is 1. The lowest BCUT2D eigenvalue weighted by molar-refractivity contribution is 0.205. The van der Waals surface area contributed by atoms with Gasteiger partial charge < -0.3 is 10.6 Å². The molecule has 6 heteroatoms. The first-order valence-corrected chi connectivity index (χ1v) is 9.29. The molecule has 3 aromatic rings. The number of hydrogen-bond acceptors (Lipinski definition) is 5. The van der Waals surface area contributed by atoms with Crippen LogP contribution in [0.25, 0.3) is 11.0 Å². The second kappa shape index (κ2) is 7.01. The lowest BCUT2D eigenvalue weighted by atomic mass is 10.1. The zero-order valence-corrected chi connectivity index (χ0v) is 16.0. The van der Waals surface area contributed by atoms with Crippen LogP contribution in [0.3, 0.4) is 0 Å². The van der Waals surface area contributed by atoms with Gasteiger partial charge in [0, 0.05) is 12.1 Å². The van der Waals surface area contributed by atoms with Gasteiger partial charge in [-0.05, 0) is 63.4 Å². The van der Waals surface area contributed by atoms with E-state index in [0.29, 0.717) is 11.5 Å². The van der Waals surface area contributed by atoms with Crippen LogP contribution in [0.2, 0.25) is 0 Å². The third-order valence-electron chi connectivity index (χ3n) is 5.17. The van der Waals surface area contributed by atoms with Crippen LogP contribution in [0.4, 0.5) is 5.82 Å². The van der Waals surface area contributed by atoms with E-state index < -0.39 is 0 Å². The van der Waals surface area contributed by atoms with Crippen LogP contribution in [0.5, 0.6) is 0 Å². The van der Waals surface area contributed by atoms with Gasteiger partial charge in [0.1, 0.15) is 17.8 Å². The van der Waals surface area contributed by atoms with Crippen molar-refractivity contribution in [2.45, 2.75) is 32.7 Å². The normalized spacial score (nSPS) is 17.7.